The van der Waals surface area contributed by atoms with Gasteiger partial charge in [-0.1, -0.05) is 78.9 Å². The number of hydrogen-bond acceptors (Lipinski definition) is 4. The van der Waals surface area contributed by atoms with Crippen LogP contribution in [-0.4, -0.2) is 28.7 Å². The molecule has 4 aromatic rings. The molecule has 0 radical (unpaired) electrons. The first-order valence-corrected chi connectivity index (χ1v) is 13.9. The van der Waals surface area contributed by atoms with E-state index < -0.39 is 45.3 Å². The molecule has 0 spiro atoms. The van der Waals surface area contributed by atoms with Crippen LogP contribution in [0.4, 0.5) is 0 Å². The predicted octanol–water partition coefficient (Wildman–Crippen LogP) is 5.10. The predicted molar refractivity (Wildman–Crippen MR) is 149 cm³/mol. The number of nitrogens with zero attached hydrogens (tertiary/aromatic N) is 1. The summed E-state index contributed by atoms with van der Waals surface area (Å²) in [5.74, 6) is -2.83. The van der Waals surface area contributed by atoms with Gasteiger partial charge in [0, 0.05) is 6.42 Å². The van der Waals surface area contributed by atoms with Crippen molar-refractivity contribution < 1.29 is 18.8 Å². The summed E-state index contributed by atoms with van der Waals surface area (Å²) < 4.78 is 5.36. The second-order valence-corrected chi connectivity index (χ2v) is 11.7. The van der Waals surface area contributed by atoms with Gasteiger partial charge in [0.05, 0.1) is 24.6 Å². The SMILES string of the molecule is O=C(NCc1ccco1)[C@H](Cc1ccccc1)N1C(=O)[C@H]2[C@H](C1=O)C1(Cl)c3ccccc3C2(Cl)c2ccccc21. The lowest BCUT2D eigenvalue weighted by Gasteiger charge is -2.54. The highest BCUT2D eigenvalue weighted by molar-refractivity contribution is 6.36. The molecule has 3 aromatic carbocycles. The molecule has 40 heavy (non-hydrogen) atoms. The number of imide groups is 1. The van der Waals surface area contributed by atoms with Crippen LogP contribution in [0.5, 0.6) is 0 Å². The van der Waals surface area contributed by atoms with Crippen LogP contribution in [0, 0.1) is 11.8 Å². The molecule has 0 saturated carbocycles. The number of likely N-dealkylation sites (tertiary alicyclic amines) is 1. The number of amides is 3. The summed E-state index contributed by atoms with van der Waals surface area (Å²) in [5.41, 5.74) is 3.69. The van der Waals surface area contributed by atoms with Gasteiger partial charge in [0.25, 0.3) is 0 Å². The zero-order valence-electron chi connectivity index (χ0n) is 21.2. The van der Waals surface area contributed by atoms with Crippen molar-refractivity contribution in [1.82, 2.24) is 10.2 Å². The van der Waals surface area contributed by atoms with E-state index in [9.17, 15) is 14.4 Å². The Balaban J connectivity index is 1.34. The Kier molecular flexibility index (Phi) is 5.70. The van der Waals surface area contributed by atoms with E-state index in [1.807, 2.05) is 78.9 Å². The molecule has 3 aliphatic carbocycles. The highest BCUT2D eigenvalue weighted by Gasteiger charge is 2.73. The maximum atomic E-state index is 14.4. The number of furan rings is 1. The van der Waals surface area contributed by atoms with Gasteiger partial charge in [-0.2, -0.15) is 0 Å². The van der Waals surface area contributed by atoms with Gasteiger partial charge in [0.2, 0.25) is 17.7 Å². The minimum absolute atomic E-state index is 0.121. The van der Waals surface area contributed by atoms with Gasteiger partial charge < -0.3 is 9.73 Å². The lowest BCUT2D eigenvalue weighted by atomic mass is 9.54. The van der Waals surface area contributed by atoms with Crippen molar-refractivity contribution in [2.75, 3.05) is 0 Å². The van der Waals surface area contributed by atoms with E-state index in [0.29, 0.717) is 5.76 Å². The minimum Gasteiger partial charge on any atom is -0.467 e. The summed E-state index contributed by atoms with van der Waals surface area (Å²) in [6.07, 6.45) is 1.66. The Morgan fingerprint density at radius 1 is 0.775 bits per heavy atom. The summed E-state index contributed by atoms with van der Waals surface area (Å²) in [7, 11) is 0. The molecule has 3 atom stereocenters. The van der Waals surface area contributed by atoms with Crippen molar-refractivity contribution in [3.63, 3.8) is 0 Å². The first-order valence-electron chi connectivity index (χ1n) is 13.2. The molecule has 8 heteroatoms. The van der Waals surface area contributed by atoms with Crippen LogP contribution < -0.4 is 5.32 Å². The zero-order valence-corrected chi connectivity index (χ0v) is 22.7. The van der Waals surface area contributed by atoms with Crippen LogP contribution in [0.3, 0.4) is 0 Å². The van der Waals surface area contributed by atoms with E-state index in [-0.39, 0.29) is 13.0 Å². The molecule has 3 amide bonds. The maximum absolute atomic E-state index is 14.4. The maximum Gasteiger partial charge on any atom is 0.244 e. The Labute approximate surface area is 240 Å². The van der Waals surface area contributed by atoms with Gasteiger partial charge in [-0.3, -0.25) is 19.3 Å². The summed E-state index contributed by atoms with van der Waals surface area (Å²) >= 11 is 15.1. The number of alkyl halides is 2. The van der Waals surface area contributed by atoms with Crippen molar-refractivity contribution in [2.45, 2.75) is 28.8 Å². The fraction of sp³-hybridized carbons (Fsp3) is 0.219. The summed E-state index contributed by atoms with van der Waals surface area (Å²) in [4.78, 5) is 41.1. The Morgan fingerprint density at radius 3 is 1.75 bits per heavy atom. The Morgan fingerprint density at radius 2 is 1.27 bits per heavy atom. The van der Waals surface area contributed by atoms with E-state index in [2.05, 4.69) is 5.32 Å². The summed E-state index contributed by atoms with van der Waals surface area (Å²) in [6.45, 7) is 0.121. The zero-order chi connectivity index (χ0) is 27.6. The quantitative estimate of drug-likeness (QED) is 0.258. The van der Waals surface area contributed by atoms with E-state index in [1.54, 1.807) is 12.1 Å². The van der Waals surface area contributed by atoms with Gasteiger partial charge in [-0.05, 0) is 39.9 Å². The lowest BCUT2D eigenvalue weighted by Crippen LogP contribution is -2.57. The van der Waals surface area contributed by atoms with E-state index in [4.69, 9.17) is 27.6 Å². The molecule has 1 saturated heterocycles. The van der Waals surface area contributed by atoms with Crippen molar-refractivity contribution in [3.05, 3.63) is 131 Å². The van der Waals surface area contributed by atoms with Gasteiger partial charge in [-0.15, -0.1) is 23.2 Å². The average Bonchev–Trinajstić information content (AvgIpc) is 3.60. The number of hydrogen-bond donors (Lipinski definition) is 1. The van der Waals surface area contributed by atoms with E-state index >= 15 is 0 Å². The van der Waals surface area contributed by atoms with Gasteiger partial charge in [0.15, 0.2) is 0 Å². The van der Waals surface area contributed by atoms with E-state index in [0.717, 1.165) is 32.7 Å². The third kappa shape index (κ3) is 3.33. The number of nitrogens with one attached hydrogen (secondary N) is 1. The molecule has 1 aliphatic heterocycles. The highest BCUT2D eigenvalue weighted by Crippen LogP contribution is 2.69. The monoisotopic (exact) mass is 570 g/mol. The molecule has 8 rings (SSSR count). The molecule has 1 N–H and O–H groups in total. The van der Waals surface area contributed by atoms with Crippen LogP contribution in [0.1, 0.15) is 33.6 Å². The number of halogens is 2. The molecule has 200 valence electrons. The molecule has 2 bridgehead atoms. The number of benzene rings is 3. The minimum atomic E-state index is -1.31. The molecular formula is C32H24Cl2N2O4. The van der Waals surface area contributed by atoms with E-state index in [1.165, 1.54) is 6.26 Å². The number of rotatable bonds is 6. The van der Waals surface area contributed by atoms with Crippen molar-refractivity contribution >= 4 is 40.9 Å². The van der Waals surface area contributed by atoms with Crippen molar-refractivity contribution in [2.24, 2.45) is 11.8 Å². The van der Waals surface area contributed by atoms with Crippen LogP contribution in [0.15, 0.2) is 102 Å². The third-order valence-electron chi connectivity index (χ3n) is 8.52. The van der Waals surface area contributed by atoms with Gasteiger partial charge in [0.1, 0.15) is 21.6 Å². The van der Waals surface area contributed by atoms with Gasteiger partial charge in [-0.25, -0.2) is 0 Å². The standard InChI is InChI=1S/C32H24Cl2N2O4/c33-31-21-12-4-5-13-22(21)32(34,24-15-7-6-14-23(24)31)27-26(31)29(38)36(30(27)39)25(17-19-9-2-1-3-10-19)28(37)35-18-20-11-8-16-40-20/h1-16,25-27H,17-18H2,(H,35,37)/t25-,26+,27+,31?,32?/m0/s1. The molecule has 6 nitrogen and oxygen atoms in total. The van der Waals surface area contributed by atoms with Gasteiger partial charge >= 0.3 is 0 Å². The molecule has 2 heterocycles. The summed E-state index contributed by atoms with van der Waals surface area (Å²) in [6, 6.07) is 26.7. The summed E-state index contributed by atoms with van der Waals surface area (Å²) in [5, 5.41) is 2.85. The molecular weight excluding hydrogens is 547 g/mol. The van der Waals surface area contributed by atoms with Crippen LogP contribution in [0.2, 0.25) is 0 Å². The second kappa shape index (κ2) is 9.08. The fourth-order valence-electron chi connectivity index (χ4n) is 6.84. The Hall–Kier alpha value is -3.87. The number of carbonyl (C=O) groups excluding carboxylic acids is 3. The van der Waals surface area contributed by atoms with Crippen LogP contribution >= 0.6 is 23.2 Å². The van der Waals surface area contributed by atoms with Crippen LogP contribution in [0.25, 0.3) is 0 Å². The van der Waals surface area contributed by atoms with Crippen LogP contribution in [-0.2, 0) is 37.1 Å². The topological polar surface area (TPSA) is 79.6 Å². The molecule has 1 aromatic heterocycles. The normalized spacial score (nSPS) is 26.7. The average molecular weight is 571 g/mol. The highest BCUT2D eigenvalue weighted by atomic mass is 35.5. The lowest BCUT2D eigenvalue weighted by molar-refractivity contribution is -0.148. The van der Waals surface area contributed by atoms with Crippen molar-refractivity contribution in [3.8, 4) is 0 Å². The second-order valence-electron chi connectivity index (χ2n) is 10.5. The number of carbonyl (C=O) groups is 3. The largest absolute Gasteiger partial charge is 0.467 e. The Bertz CT molecular complexity index is 1530. The molecule has 0 unspecified atom stereocenters. The third-order valence-corrected chi connectivity index (χ3v) is 9.81. The fourth-order valence-corrected chi connectivity index (χ4v) is 7.94. The smallest absolute Gasteiger partial charge is 0.244 e. The van der Waals surface area contributed by atoms with Crippen molar-refractivity contribution in [1.29, 1.82) is 0 Å². The molecule has 1 fully saturated rings. The first kappa shape index (κ1) is 25.1. The first-order chi connectivity index (χ1) is 19.4. The molecule has 4 aliphatic rings.